The van der Waals surface area contributed by atoms with Crippen molar-refractivity contribution in [2.75, 3.05) is 0 Å². The first-order valence-electron chi connectivity index (χ1n) is 0.676. The van der Waals surface area contributed by atoms with Crippen LogP contribution in [0.3, 0.4) is 0 Å². The third kappa shape index (κ3) is 272000. The van der Waals surface area contributed by atoms with Gasteiger partial charge < -0.3 is 43.5 Å². The van der Waals surface area contributed by atoms with Crippen molar-refractivity contribution >= 4 is 20.4 Å². The molecule has 0 unspecified atom stereocenters. The van der Waals surface area contributed by atoms with Crippen molar-refractivity contribution < 1.29 is 48.5 Å². The van der Waals surface area contributed by atoms with Crippen LogP contribution in [-0.4, -0.2) is 20.4 Å². The van der Waals surface area contributed by atoms with Crippen molar-refractivity contribution in [3.05, 3.63) is 22.3 Å². The smallest absolute Gasteiger partial charge is 0.573 e. The maximum atomic E-state index is 7.75. The van der Waals surface area contributed by atoms with Crippen molar-refractivity contribution in [3.8, 4) is 0 Å². The van der Waals surface area contributed by atoms with Gasteiger partial charge in [-0.15, -0.1) is 0 Å². The molecule has 0 aromatic heterocycles. The summed E-state index contributed by atoms with van der Waals surface area (Å²) in [6.07, 6.45) is 0. The van der Waals surface area contributed by atoms with E-state index in [1.165, 1.54) is 0 Å². The van der Waals surface area contributed by atoms with Gasteiger partial charge in [0.25, 0.3) is 0 Å². The maximum Gasteiger partial charge on any atom is 4.00 e. The average molecular weight is 243 g/mol. The average Bonchev–Trinajstić information content (AvgIpc) is 1.81. The van der Waals surface area contributed by atoms with E-state index in [4.69, 9.17) is 14.4 Å². The van der Waals surface area contributed by atoms with Crippen LogP contribution in [0.2, 0.25) is 0 Å². The quantitative estimate of drug-likeness (QED) is 0.351. The first-order chi connectivity index (χ1) is 3.00. The van der Waals surface area contributed by atoms with Crippen LogP contribution >= 0.6 is 0 Å². The monoisotopic (exact) mass is 243 g/mol. The van der Waals surface area contributed by atoms with Gasteiger partial charge in [-0.3, -0.25) is 13.6 Å². The summed E-state index contributed by atoms with van der Waals surface area (Å²) in [6, 6.07) is 0. The fourth-order valence-corrected chi connectivity index (χ4v) is 0. The molecule has 0 saturated carbocycles. The summed E-state index contributed by atoms with van der Waals surface area (Å²) >= 11 is 0. The van der Waals surface area contributed by atoms with E-state index in [-0.39, 0.29) is 56.4 Å². The molecule has 0 amide bonds. The van der Waals surface area contributed by atoms with Crippen LogP contribution in [-0.2, 0) is 48.5 Å². The van der Waals surface area contributed by atoms with Crippen LogP contribution in [0.25, 0.3) is 0 Å². The van der Waals surface area contributed by atoms with E-state index in [2.05, 4.69) is 20.4 Å². The van der Waals surface area contributed by atoms with Crippen LogP contribution in [0, 0.1) is 22.3 Å². The second-order valence-electron chi connectivity index (χ2n) is 0. The van der Waals surface area contributed by atoms with Crippen LogP contribution in [0.15, 0.2) is 0 Å². The zero-order valence-electron chi connectivity index (χ0n) is 6.59. The van der Waals surface area contributed by atoms with E-state index < -0.39 is 0 Å². The summed E-state index contributed by atoms with van der Waals surface area (Å²) in [4.78, 5) is 23.0. The SMILES string of the molecule is [C-]=O.[CH-]=O.[CH-]=O.[CH3-].[CH3-].[CH3-].[Fe+2].[Fe+4]. The summed E-state index contributed by atoms with van der Waals surface area (Å²) in [5.41, 5.74) is 0. The Kier molecular flexibility index (Phi) is 3750000. The largest absolute Gasteiger partial charge is 4.00 e. The summed E-state index contributed by atoms with van der Waals surface area (Å²) in [5, 5.41) is 0. The van der Waals surface area contributed by atoms with Crippen LogP contribution in [0.4, 0.5) is 0 Å². The standard InChI is InChI=1S/2CHO.CO.3CH3.2Fe/c3*1-2;;;;;/h2*1H;;3*1H3;;/q6*-1;+2;+4. The zero-order chi connectivity index (χ0) is 6.00. The molecule has 0 saturated heterocycles. The Morgan fingerprint density at radius 1 is 0.727 bits per heavy atom. The molecule has 0 aliphatic heterocycles. The molecule has 0 fully saturated rings. The fourth-order valence-electron chi connectivity index (χ4n) is 0. The van der Waals surface area contributed by atoms with Gasteiger partial charge in [-0.05, 0) is 0 Å². The van der Waals surface area contributed by atoms with Gasteiger partial charge in [0, 0.05) is 0 Å². The van der Waals surface area contributed by atoms with Crippen molar-refractivity contribution in [3.63, 3.8) is 0 Å². The van der Waals surface area contributed by atoms with Gasteiger partial charge in [0.2, 0.25) is 0 Å². The van der Waals surface area contributed by atoms with E-state index in [0.717, 1.165) is 0 Å². The summed E-state index contributed by atoms with van der Waals surface area (Å²) in [5.74, 6) is 0. The second-order valence-corrected chi connectivity index (χ2v) is 0. The van der Waals surface area contributed by atoms with Crippen LogP contribution < -0.4 is 0 Å². The van der Waals surface area contributed by atoms with Gasteiger partial charge in [0.1, 0.15) is 0 Å². The van der Waals surface area contributed by atoms with E-state index in [9.17, 15) is 0 Å². The molecule has 0 N–H and O–H groups in total. The zero-order valence-corrected chi connectivity index (χ0v) is 8.79. The molecule has 0 aliphatic rings. The normalized spacial score (nSPS) is 1.09. The Hall–Kier alpha value is 0.0490. The van der Waals surface area contributed by atoms with E-state index in [1.807, 2.05) is 0 Å². The molecule has 11 heavy (non-hydrogen) atoms. The Morgan fingerprint density at radius 3 is 0.727 bits per heavy atom. The minimum absolute atomic E-state index is 0. The Balaban J connectivity index is -0.00000000167. The van der Waals surface area contributed by atoms with Gasteiger partial charge in [-0.25, -0.2) is 0 Å². The molecule has 0 spiro atoms. The number of hydrogen-bond acceptors (Lipinski definition) is 3. The maximum absolute atomic E-state index is 7.75. The predicted octanol–water partition coefficient (Wildman–Crippen LogP) is 0.401. The minimum Gasteiger partial charge on any atom is -0.573 e. The molecule has 0 aromatic carbocycles. The molecule has 0 bridgehead atoms. The third-order valence-electron chi connectivity index (χ3n) is 0. The van der Waals surface area contributed by atoms with E-state index >= 15 is 0 Å². The van der Waals surface area contributed by atoms with Crippen molar-refractivity contribution in [2.45, 2.75) is 0 Å². The molecule has 0 rings (SSSR count). The molecule has 1 radical (unpaired) electrons. The molecule has 0 heterocycles. The van der Waals surface area contributed by atoms with E-state index in [0.29, 0.717) is 0 Å². The molecule has 5 heteroatoms. The summed E-state index contributed by atoms with van der Waals surface area (Å²) < 4.78 is 0. The first kappa shape index (κ1) is 120. The molecular weight excluding hydrogens is 232 g/mol. The Labute approximate surface area is 91.3 Å². The van der Waals surface area contributed by atoms with Crippen molar-refractivity contribution in [1.82, 2.24) is 0 Å². The Morgan fingerprint density at radius 2 is 0.727 bits per heavy atom. The van der Waals surface area contributed by atoms with Crippen LogP contribution in [0.5, 0.6) is 0 Å². The van der Waals surface area contributed by atoms with Gasteiger partial charge in [0.15, 0.2) is 0 Å². The summed E-state index contributed by atoms with van der Waals surface area (Å²) in [7, 11) is 0. The molecule has 0 aliphatic carbocycles. The second kappa shape index (κ2) is 343000. The first-order valence-corrected chi connectivity index (χ1v) is 0.676. The molecular formula is C6H11Fe2O3. The van der Waals surface area contributed by atoms with Gasteiger partial charge in [-0.1, -0.05) is 0 Å². The number of rotatable bonds is 0. The molecule has 3 nitrogen and oxygen atoms in total. The molecule has 0 aromatic rings. The van der Waals surface area contributed by atoms with E-state index in [1.54, 1.807) is 0 Å². The van der Waals surface area contributed by atoms with Gasteiger partial charge in [-0.2, -0.15) is 0 Å². The molecule has 69 valence electrons. The van der Waals surface area contributed by atoms with Gasteiger partial charge >= 0.3 is 34.1 Å². The summed E-state index contributed by atoms with van der Waals surface area (Å²) in [6.45, 7) is 11.0. The third-order valence-corrected chi connectivity index (χ3v) is 0. The predicted molar refractivity (Wildman–Crippen MR) is 38.4 cm³/mol. The van der Waals surface area contributed by atoms with Gasteiger partial charge in [0.05, 0.1) is 0 Å². The Bertz CT molecular complexity index is 20.5. The fraction of sp³-hybridized carbons (Fsp3) is 0. The van der Waals surface area contributed by atoms with Crippen molar-refractivity contribution in [1.29, 1.82) is 0 Å². The van der Waals surface area contributed by atoms with Crippen molar-refractivity contribution in [2.24, 2.45) is 0 Å². The molecule has 0 atom stereocenters. The number of carbonyl (C=O) groups excluding carboxylic acids is 3. The van der Waals surface area contributed by atoms with Crippen LogP contribution in [0.1, 0.15) is 0 Å². The number of hydrogen-bond donors (Lipinski definition) is 0. The minimum atomic E-state index is 0. The topological polar surface area (TPSA) is 51.2 Å².